The fraction of sp³-hybridized carbons (Fsp3) is 0.385. The van der Waals surface area contributed by atoms with Crippen LogP contribution in [0.15, 0.2) is 18.7 Å². The van der Waals surface area contributed by atoms with E-state index in [2.05, 4.69) is 6.58 Å². The molecule has 2 N–H and O–H groups in total. The van der Waals surface area contributed by atoms with Crippen molar-refractivity contribution >= 4 is 6.08 Å². The van der Waals surface area contributed by atoms with E-state index in [0.29, 0.717) is 0 Å². The molecule has 3 nitrogen and oxygen atoms in total. The minimum Gasteiger partial charge on any atom is -0.496 e. The number of hydrogen-bond donors (Lipinski definition) is 1. The lowest BCUT2D eigenvalue weighted by molar-refractivity contribution is 0.397. The van der Waals surface area contributed by atoms with Gasteiger partial charge in [0.15, 0.2) is 0 Å². The minimum atomic E-state index is 0.0909. The summed E-state index contributed by atoms with van der Waals surface area (Å²) in [7, 11) is 3.30. The normalized spacial score (nSPS) is 12.0. The topological polar surface area (TPSA) is 44.5 Å². The average molecular weight is 221 g/mol. The Balaban J connectivity index is 3.20. The summed E-state index contributed by atoms with van der Waals surface area (Å²) in [6, 6.07) is 3.97. The zero-order valence-corrected chi connectivity index (χ0v) is 10.1. The van der Waals surface area contributed by atoms with E-state index in [1.54, 1.807) is 20.3 Å². The highest BCUT2D eigenvalue weighted by Crippen LogP contribution is 2.30. The van der Waals surface area contributed by atoms with Crippen molar-refractivity contribution in [1.29, 1.82) is 0 Å². The van der Waals surface area contributed by atoms with Crippen LogP contribution in [0.2, 0.25) is 0 Å². The quantitative estimate of drug-likeness (QED) is 0.829. The van der Waals surface area contributed by atoms with Crippen LogP contribution >= 0.6 is 0 Å². The van der Waals surface area contributed by atoms with Crippen molar-refractivity contribution in [3.63, 3.8) is 0 Å². The molecule has 0 aromatic heterocycles. The molecule has 0 aliphatic rings. The first-order chi connectivity index (χ1) is 7.62. The van der Waals surface area contributed by atoms with Gasteiger partial charge in [0.2, 0.25) is 0 Å². The Morgan fingerprint density at radius 3 is 2.38 bits per heavy atom. The third-order valence-corrected chi connectivity index (χ3v) is 2.39. The van der Waals surface area contributed by atoms with Crippen LogP contribution in [0.3, 0.4) is 0 Å². The summed E-state index contributed by atoms with van der Waals surface area (Å²) in [5, 5.41) is 0. The van der Waals surface area contributed by atoms with E-state index < -0.39 is 0 Å². The Labute approximate surface area is 96.9 Å². The highest BCUT2D eigenvalue weighted by atomic mass is 16.5. The number of hydrogen-bond acceptors (Lipinski definition) is 3. The lowest BCUT2D eigenvalue weighted by atomic mass is 10.0. The van der Waals surface area contributed by atoms with Crippen molar-refractivity contribution in [2.45, 2.75) is 19.4 Å². The SMILES string of the molecule is C=Cc1cc(OC)c(CC(C)N)cc1OC. The molecule has 1 unspecified atom stereocenters. The van der Waals surface area contributed by atoms with Gasteiger partial charge < -0.3 is 15.2 Å². The third-order valence-electron chi connectivity index (χ3n) is 2.39. The maximum Gasteiger partial charge on any atom is 0.126 e. The van der Waals surface area contributed by atoms with Crippen LogP contribution in [-0.2, 0) is 6.42 Å². The third kappa shape index (κ3) is 2.76. The van der Waals surface area contributed by atoms with Gasteiger partial charge in [-0.3, -0.25) is 0 Å². The number of rotatable bonds is 5. The Hall–Kier alpha value is -1.48. The molecule has 0 saturated heterocycles. The Kier molecular flexibility index (Phi) is 4.38. The van der Waals surface area contributed by atoms with Crippen LogP contribution < -0.4 is 15.2 Å². The summed E-state index contributed by atoms with van der Waals surface area (Å²) in [5.74, 6) is 1.62. The van der Waals surface area contributed by atoms with Gasteiger partial charge in [-0.05, 0) is 31.0 Å². The molecule has 0 bridgehead atoms. The monoisotopic (exact) mass is 221 g/mol. The van der Waals surface area contributed by atoms with Crippen molar-refractivity contribution in [3.05, 3.63) is 29.8 Å². The molecule has 1 rings (SSSR count). The van der Waals surface area contributed by atoms with Gasteiger partial charge in [0.1, 0.15) is 11.5 Å². The maximum atomic E-state index is 5.79. The minimum absolute atomic E-state index is 0.0909. The number of benzene rings is 1. The summed E-state index contributed by atoms with van der Waals surface area (Å²) < 4.78 is 10.6. The Morgan fingerprint density at radius 1 is 1.31 bits per heavy atom. The molecule has 1 aromatic rings. The van der Waals surface area contributed by atoms with Crippen molar-refractivity contribution in [2.75, 3.05) is 14.2 Å². The lowest BCUT2D eigenvalue weighted by Gasteiger charge is -2.14. The molecule has 0 radical (unpaired) electrons. The second-order valence-electron chi connectivity index (χ2n) is 3.79. The summed E-state index contributed by atoms with van der Waals surface area (Å²) in [6.07, 6.45) is 2.51. The predicted molar refractivity (Wildman–Crippen MR) is 67.0 cm³/mol. The van der Waals surface area contributed by atoms with Crippen LogP contribution in [-0.4, -0.2) is 20.3 Å². The molecule has 0 aliphatic carbocycles. The Morgan fingerprint density at radius 2 is 1.94 bits per heavy atom. The van der Waals surface area contributed by atoms with Gasteiger partial charge in [-0.1, -0.05) is 12.7 Å². The zero-order chi connectivity index (χ0) is 12.1. The van der Waals surface area contributed by atoms with Gasteiger partial charge in [0, 0.05) is 11.6 Å². The first-order valence-electron chi connectivity index (χ1n) is 5.25. The highest BCUT2D eigenvalue weighted by molar-refractivity contribution is 5.60. The summed E-state index contributed by atoms with van der Waals surface area (Å²) >= 11 is 0. The molecule has 0 heterocycles. The first-order valence-corrected chi connectivity index (χ1v) is 5.25. The van der Waals surface area contributed by atoms with Crippen molar-refractivity contribution < 1.29 is 9.47 Å². The van der Waals surface area contributed by atoms with Gasteiger partial charge in [-0.25, -0.2) is 0 Å². The van der Waals surface area contributed by atoms with Gasteiger partial charge >= 0.3 is 0 Å². The maximum absolute atomic E-state index is 5.79. The van der Waals surface area contributed by atoms with Gasteiger partial charge in [0.25, 0.3) is 0 Å². The first kappa shape index (κ1) is 12.6. The molecule has 0 amide bonds. The van der Waals surface area contributed by atoms with Crippen molar-refractivity contribution in [2.24, 2.45) is 5.73 Å². The number of methoxy groups -OCH3 is 2. The van der Waals surface area contributed by atoms with E-state index in [1.165, 1.54) is 0 Å². The smallest absolute Gasteiger partial charge is 0.126 e. The van der Waals surface area contributed by atoms with Crippen LogP contribution in [0.1, 0.15) is 18.1 Å². The van der Waals surface area contributed by atoms with Gasteiger partial charge in [-0.2, -0.15) is 0 Å². The van der Waals surface area contributed by atoms with Crippen molar-refractivity contribution in [1.82, 2.24) is 0 Å². The summed E-state index contributed by atoms with van der Waals surface area (Å²) in [6.45, 7) is 5.71. The fourth-order valence-corrected chi connectivity index (χ4v) is 1.65. The molecule has 16 heavy (non-hydrogen) atoms. The lowest BCUT2D eigenvalue weighted by Crippen LogP contribution is -2.18. The van der Waals surface area contributed by atoms with Gasteiger partial charge in [0.05, 0.1) is 14.2 Å². The molecular weight excluding hydrogens is 202 g/mol. The van der Waals surface area contributed by atoms with E-state index in [-0.39, 0.29) is 6.04 Å². The van der Waals surface area contributed by atoms with E-state index in [0.717, 1.165) is 29.0 Å². The number of nitrogens with two attached hydrogens (primary N) is 1. The van der Waals surface area contributed by atoms with E-state index in [4.69, 9.17) is 15.2 Å². The molecule has 0 aliphatic heterocycles. The van der Waals surface area contributed by atoms with E-state index in [1.807, 2.05) is 19.1 Å². The number of ether oxygens (including phenoxy) is 2. The molecule has 0 fully saturated rings. The molecule has 1 atom stereocenters. The predicted octanol–water partition coefficient (Wildman–Crippen LogP) is 2.24. The summed E-state index contributed by atoms with van der Waals surface area (Å²) in [4.78, 5) is 0. The van der Waals surface area contributed by atoms with Crippen LogP contribution in [0.25, 0.3) is 6.08 Å². The molecule has 0 saturated carbocycles. The molecular formula is C13H19NO2. The molecule has 1 aromatic carbocycles. The van der Waals surface area contributed by atoms with E-state index >= 15 is 0 Å². The van der Waals surface area contributed by atoms with E-state index in [9.17, 15) is 0 Å². The van der Waals surface area contributed by atoms with Crippen LogP contribution in [0.4, 0.5) is 0 Å². The largest absolute Gasteiger partial charge is 0.496 e. The van der Waals surface area contributed by atoms with Crippen LogP contribution in [0, 0.1) is 0 Å². The standard InChI is InChI=1S/C13H19NO2/c1-5-10-7-13(16-4)11(6-9(2)14)8-12(10)15-3/h5,7-9H,1,6,14H2,2-4H3. The molecule has 3 heteroatoms. The second-order valence-corrected chi connectivity index (χ2v) is 3.79. The van der Waals surface area contributed by atoms with Gasteiger partial charge in [-0.15, -0.1) is 0 Å². The Bertz CT molecular complexity index is 372. The average Bonchev–Trinajstić information content (AvgIpc) is 2.27. The summed E-state index contributed by atoms with van der Waals surface area (Å²) in [5.41, 5.74) is 7.77. The second kappa shape index (κ2) is 5.56. The van der Waals surface area contributed by atoms with Crippen LogP contribution in [0.5, 0.6) is 11.5 Å². The zero-order valence-electron chi connectivity index (χ0n) is 10.1. The molecule has 0 spiro atoms. The fourth-order valence-electron chi connectivity index (χ4n) is 1.65. The highest BCUT2D eigenvalue weighted by Gasteiger charge is 2.10. The van der Waals surface area contributed by atoms with Crippen molar-refractivity contribution in [3.8, 4) is 11.5 Å². The molecule has 88 valence electrons.